The average Bonchev–Trinajstić information content (AvgIpc) is 2.81. The number of nitrogens with one attached hydrogen (secondary N) is 2. The van der Waals surface area contributed by atoms with Crippen LogP contribution in [-0.2, 0) is 17.9 Å². The van der Waals surface area contributed by atoms with Crippen molar-refractivity contribution in [3.05, 3.63) is 35.4 Å². The number of nitrogens with zero attached hydrogens (tertiary/aromatic N) is 1. The lowest BCUT2D eigenvalue weighted by Gasteiger charge is -2.31. The van der Waals surface area contributed by atoms with Gasteiger partial charge in [-0.15, -0.1) is 0 Å². The molecule has 0 aliphatic carbocycles. The number of hydrogen-bond acceptors (Lipinski definition) is 3. The van der Waals surface area contributed by atoms with Crippen molar-refractivity contribution in [1.29, 1.82) is 0 Å². The van der Waals surface area contributed by atoms with Crippen LogP contribution >= 0.6 is 0 Å². The van der Waals surface area contributed by atoms with E-state index in [1.807, 2.05) is 6.92 Å². The van der Waals surface area contributed by atoms with Crippen LogP contribution in [0.3, 0.4) is 0 Å². The van der Waals surface area contributed by atoms with Crippen LogP contribution in [-0.4, -0.2) is 37.0 Å². The Kier molecular flexibility index (Phi) is 6.27. The maximum Gasteiger partial charge on any atom is 0.223 e. The highest BCUT2D eigenvalue weighted by Gasteiger charge is 2.28. The molecule has 2 aliphatic heterocycles. The minimum atomic E-state index is 0.105. The van der Waals surface area contributed by atoms with Crippen molar-refractivity contribution in [3.8, 4) is 0 Å². The van der Waals surface area contributed by atoms with Gasteiger partial charge in [0, 0.05) is 19.0 Å². The van der Waals surface area contributed by atoms with Gasteiger partial charge in [-0.05, 0) is 56.1 Å². The lowest BCUT2D eigenvalue weighted by Crippen LogP contribution is -2.49. The van der Waals surface area contributed by atoms with Crippen LogP contribution in [0.15, 0.2) is 24.3 Å². The molecular formula is C20H31N3O. The quantitative estimate of drug-likeness (QED) is 0.843. The van der Waals surface area contributed by atoms with Crippen LogP contribution in [0.2, 0.25) is 0 Å². The summed E-state index contributed by atoms with van der Waals surface area (Å²) in [7, 11) is 0. The molecule has 2 N–H and O–H groups in total. The molecule has 1 atom stereocenters. The second kappa shape index (κ2) is 8.63. The van der Waals surface area contributed by atoms with E-state index in [1.165, 1.54) is 49.9 Å². The molecule has 1 aromatic rings. The van der Waals surface area contributed by atoms with Gasteiger partial charge in [-0.1, -0.05) is 44.0 Å². The van der Waals surface area contributed by atoms with Gasteiger partial charge in [0.05, 0.1) is 0 Å². The zero-order valence-electron chi connectivity index (χ0n) is 14.9. The van der Waals surface area contributed by atoms with Crippen LogP contribution in [0.25, 0.3) is 0 Å². The fraction of sp³-hybridized carbons (Fsp3) is 0.650. The molecule has 0 spiro atoms. The third-order valence-electron chi connectivity index (χ3n) is 5.53. The van der Waals surface area contributed by atoms with Crippen LogP contribution in [0.1, 0.15) is 43.7 Å². The highest BCUT2D eigenvalue weighted by molar-refractivity contribution is 5.78. The highest BCUT2D eigenvalue weighted by atomic mass is 16.1. The lowest BCUT2D eigenvalue weighted by molar-refractivity contribution is -0.126. The smallest absolute Gasteiger partial charge is 0.223 e. The highest BCUT2D eigenvalue weighted by Crippen LogP contribution is 2.16. The monoisotopic (exact) mass is 329 g/mol. The van der Waals surface area contributed by atoms with Gasteiger partial charge in [-0.25, -0.2) is 0 Å². The molecular weight excluding hydrogens is 298 g/mol. The molecule has 3 rings (SSSR count). The van der Waals surface area contributed by atoms with E-state index in [2.05, 4.69) is 39.8 Å². The SMILES string of the molecule is CC(C(=O)NCc1ccc(CN2CCCCCC2)cc1)C1CNC1. The molecule has 4 heteroatoms. The van der Waals surface area contributed by atoms with E-state index in [0.717, 1.165) is 19.6 Å². The molecule has 2 aliphatic rings. The molecule has 1 amide bonds. The average molecular weight is 329 g/mol. The van der Waals surface area contributed by atoms with Crippen molar-refractivity contribution < 1.29 is 4.79 Å². The summed E-state index contributed by atoms with van der Waals surface area (Å²) in [6, 6.07) is 8.74. The summed E-state index contributed by atoms with van der Waals surface area (Å²) < 4.78 is 0. The summed E-state index contributed by atoms with van der Waals surface area (Å²) in [5.74, 6) is 0.782. The molecule has 0 bridgehead atoms. The lowest BCUT2D eigenvalue weighted by atomic mass is 9.88. The van der Waals surface area contributed by atoms with E-state index in [1.54, 1.807) is 0 Å². The Hall–Kier alpha value is -1.39. The van der Waals surface area contributed by atoms with Gasteiger partial charge in [0.25, 0.3) is 0 Å². The molecule has 24 heavy (non-hydrogen) atoms. The van der Waals surface area contributed by atoms with Gasteiger partial charge in [-0.2, -0.15) is 0 Å². The summed E-state index contributed by atoms with van der Waals surface area (Å²) in [5.41, 5.74) is 2.56. The molecule has 0 radical (unpaired) electrons. The van der Waals surface area contributed by atoms with Crippen molar-refractivity contribution >= 4 is 5.91 Å². The van der Waals surface area contributed by atoms with Gasteiger partial charge >= 0.3 is 0 Å². The zero-order chi connectivity index (χ0) is 16.8. The standard InChI is InChI=1S/C20H31N3O/c1-16(19-13-21-14-19)20(24)22-12-17-6-8-18(9-7-17)15-23-10-4-2-3-5-11-23/h6-9,16,19,21H,2-5,10-15H2,1H3,(H,22,24). The van der Waals surface area contributed by atoms with E-state index >= 15 is 0 Å². The van der Waals surface area contributed by atoms with E-state index in [-0.39, 0.29) is 11.8 Å². The van der Waals surface area contributed by atoms with E-state index in [4.69, 9.17) is 0 Å². The third-order valence-corrected chi connectivity index (χ3v) is 5.53. The number of likely N-dealkylation sites (tertiary alicyclic amines) is 1. The summed E-state index contributed by atoms with van der Waals surface area (Å²) in [4.78, 5) is 14.7. The van der Waals surface area contributed by atoms with Gasteiger partial charge in [0.15, 0.2) is 0 Å². The molecule has 1 unspecified atom stereocenters. The van der Waals surface area contributed by atoms with Crippen molar-refractivity contribution in [1.82, 2.24) is 15.5 Å². The van der Waals surface area contributed by atoms with Crippen molar-refractivity contribution in [2.24, 2.45) is 11.8 Å². The third kappa shape index (κ3) is 4.81. The number of hydrogen-bond donors (Lipinski definition) is 2. The molecule has 1 aromatic carbocycles. The summed E-state index contributed by atoms with van der Waals surface area (Å²) in [6.07, 6.45) is 5.42. The van der Waals surface area contributed by atoms with Gasteiger partial charge in [-0.3, -0.25) is 9.69 Å². The second-order valence-corrected chi connectivity index (χ2v) is 7.43. The van der Waals surface area contributed by atoms with Crippen molar-refractivity contribution in [2.45, 2.75) is 45.7 Å². The summed E-state index contributed by atoms with van der Waals surface area (Å²) in [5, 5.41) is 6.31. The Bertz CT molecular complexity index is 516. The van der Waals surface area contributed by atoms with Crippen molar-refractivity contribution in [2.75, 3.05) is 26.2 Å². The van der Waals surface area contributed by atoms with Crippen LogP contribution < -0.4 is 10.6 Å². The normalized spacial score (nSPS) is 20.9. The van der Waals surface area contributed by atoms with Crippen LogP contribution in [0, 0.1) is 11.8 Å². The molecule has 4 nitrogen and oxygen atoms in total. The largest absolute Gasteiger partial charge is 0.352 e. The summed E-state index contributed by atoms with van der Waals surface area (Å²) in [6.45, 7) is 8.12. The number of benzene rings is 1. The number of amides is 1. The molecule has 2 fully saturated rings. The van der Waals surface area contributed by atoms with Gasteiger partial charge < -0.3 is 10.6 Å². The first-order valence-electron chi connectivity index (χ1n) is 9.51. The fourth-order valence-electron chi connectivity index (χ4n) is 3.54. The van der Waals surface area contributed by atoms with Gasteiger partial charge in [0.1, 0.15) is 0 Å². The maximum atomic E-state index is 12.2. The first kappa shape index (κ1) is 17.4. The molecule has 132 valence electrons. The molecule has 0 saturated carbocycles. The van der Waals surface area contributed by atoms with E-state index in [0.29, 0.717) is 12.5 Å². The van der Waals surface area contributed by atoms with Crippen LogP contribution in [0.4, 0.5) is 0 Å². The molecule has 2 heterocycles. The molecule has 0 aromatic heterocycles. The van der Waals surface area contributed by atoms with Crippen LogP contribution in [0.5, 0.6) is 0 Å². The maximum absolute atomic E-state index is 12.2. The summed E-state index contributed by atoms with van der Waals surface area (Å²) >= 11 is 0. The minimum Gasteiger partial charge on any atom is -0.352 e. The predicted molar refractivity (Wildman–Crippen MR) is 97.6 cm³/mol. The first-order chi connectivity index (χ1) is 11.7. The Morgan fingerprint density at radius 1 is 1.12 bits per heavy atom. The van der Waals surface area contributed by atoms with E-state index < -0.39 is 0 Å². The predicted octanol–water partition coefficient (Wildman–Crippen LogP) is 2.53. The Morgan fingerprint density at radius 2 is 1.75 bits per heavy atom. The second-order valence-electron chi connectivity index (χ2n) is 7.43. The Balaban J connectivity index is 1.44. The number of carbonyl (C=O) groups is 1. The minimum absolute atomic E-state index is 0.105. The van der Waals surface area contributed by atoms with E-state index in [9.17, 15) is 4.79 Å². The Morgan fingerprint density at radius 3 is 2.33 bits per heavy atom. The first-order valence-corrected chi connectivity index (χ1v) is 9.51. The van der Waals surface area contributed by atoms with Gasteiger partial charge in [0.2, 0.25) is 5.91 Å². The molecule has 2 saturated heterocycles. The Labute approximate surface area is 146 Å². The topological polar surface area (TPSA) is 44.4 Å². The number of rotatable bonds is 6. The van der Waals surface area contributed by atoms with Crippen molar-refractivity contribution in [3.63, 3.8) is 0 Å². The number of carbonyl (C=O) groups excluding carboxylic acids is 1. The fourth-order valence-corrected chi connectivity index (χ4v) is 3.54. The zero-order valence-corrected chi connectivity index (χ0v) is 14.9.